The number of hydrogen-bond acceptors (Lipinski definition) is 3. The van der Waals surface area contributed by atoms with Crippen molar-refractivity contribution in [2.45, 2.75) is 38.8 Å². The number of nitrogens with zero attached hydrogens (tertiary/aromatic N) is 1. The molecule has 0 radical (unpaired) electrons. The third-order valence-corrected chi connectivity index (χ3v) is 3.67. The van der Waals surface area contributed by atoms with Gasteiger partial charge in [0.25, 0.3) is 0 Å². The molecule has 0 saturated heterocycles. The second kappa shape index (κ2) is 9.35. The first-order valence-electron chi connectivity index (χ1n) is 8.57. The van der Waals surface area contributed by atoms with Gasteiger partial charge in [0.15, 0.2) is 6.04 Å². The molecule has 0 heterocycles. The molecule has 0 saturated carbocycles. The normalized spacial score (nSPS) is 13.2. The highest BCUT2D eigenvalue weighted by atomic mass is 35.5. The maximum absolute atomic E-state index is 12.5. The van der Waals surface area contributed by atoms with Crippen molar-refractivity contribution >= 4 is 29.9 Å². The quantitative estimate of drug-likeness (QED) is 0.493. The Kier molecular flexibility index (Phi) is 7.16. The van der Waals surface area contributed by atoms with E-state index in [-0.39, 0.29) is 5.97 Å². The van der Waals surface area contributed by atoms with Gasteiger partial charge in [-0.15, -0.1) is 0 Å². The van der Waals surface area contributed by atoms with Crippen molar-refractivity contribution in [3.8, 4) is 0 Å². The lowest BCUT2D eigenvalue weighted by atomic mass is 10.1. The number of rotatable bonds is 6. The van der Waals surface area contributed by atoms with E-state index in [1.165, 1.54) is 0 Å². The molecule has 26 heavy (non-hydrogen) atoms. The summed E-state index contributed by atoms with van der Waals surface area (Å²) in [6.07, 6.45) is 6.08. The highest BCUT2D eigenvalue weighted by molar-refractivity contribution is 6.30. The highest BCUT2D eigenvalue weighted by Gasteiger charge is 2.23. The number of benzene rings is 2. The Morgan fingerprint density at radius 1 is 1.08 bits per heavy atom. The zero-order chi connectivity index (χ0) is 19.0. The minimum atomic E-state index is -0.593. The molecule has 0 aromatic heterocycles. The van der Waals surface area contributed by atoms with Crippen LogP contribution < -0.4 is 0 Å². The van der Waals surface area contributed by atoms with Crippen molar-refractivity contribution in [1.29, 1.82) is 0 Å². The minimum Gasteiger partial charge on any atom is -0.458 e. The van der Waals surface area contributed by atoms with Gasteiger partial charge in [-0.05, 0) is 50.5 Å². The first-order valence-corrected chi connectivity index (χ1v) is 8.94. The predicted octanol–water partition coefficient (Wildman–Crippen LogP) is 5.57. The van der Waals surface area contributed by atoms with E-state index in [0.717, 1.165) is 11.1 Å². The van der Waals surface area contributed by atoms with E-state index >= 15 is 0 Å². The molecule has 0 spiro atoms. The van der Waals surface area contributed by atoms with Crippen LogP contribution in [0.3, 0.4) is 0 Å². The lowest BCUT2D eigenvalue weighted by Gasteiger charge is -2.21. The van der Waals surface area contributed by atoms with Gasteiger partial charge in [-0.2, -0.15) is 0 Å². The molecule has 2 rings (SSSR count). The molecule has 4 heteroatoms. The number of hydrogen-bond donors (Lipinski definition) is 0. The van der Waals surface area contributed by atoms with E-state index in [1.54, 1.807) is 18.3 Å². The molecule has 136 valence electrons. The summed E-state index contributed by atoms with van der Waals surface area (Å²) in [5, 5.41) is 0.664. The maximum atomic E-state index is 12.5. The molecule has 0 unspecified atom stereocenters. The molecule has 0 N–H and O–H groups in total. The van der Waals surface area contributed by atoms with E-state index < -0.39 is 11.6 Å². The Morgan fingerprint density at radius 3 is 2.35 bits per heavy atom. The molecule has 0 bridgehead atoms. The van der Waals surface area contributed by atoms with Crippen LogP contribution in [-0.4, -0.2) is 23.8 Å². The number of halogens is 1. The lowest BCUT2D eigenvalue weighted by molar-refractivity contribution is -0.156. The highest BCUT2D eigenvalue weighted by Crippen LogP contribution is 2.14. The fourth-order valence-corrected chi connectivity index (χ4v) is 2.34. The average Bonchev–Trinajstić information content (AvgIpc) is 2.58. The molecule has 2 aromatic rings. The number of aliphatic imine (C=N–C) groups is 1. The van der Waals surface area contributed by atoms with Gasteiger partial charge in [0.1, 0.15) is 5.60 Å². The Hall–Kier alpha value is -2.39. The number of esters is 1. The fraction of sp³-hybridized carbons (Fsp3) is 0.273. The molecule has 0 aliphatic rings. The SMILES string of the molecule is CC(C)(C)OC(=O)[C@@H](C/C=C/c1ccccc1)N=Cc1ccc(Cl)cc1. The summed E-state index contributed by atoms with van der Waals surface area (Å²) in [5.74, 6) is -0.333. The van der Waals surface area contributed by atoms with Gasteiger partial charge in [0.05, 0.1) is 0 Å². The summed E-state index contributed by atoms with van der Waals surface area (Å²) < 4.78 is 5.50. The second-order valence-electron chi connectivity index (χ2n) is 6.93. The largest absolute Gasteiger partial charge is 0.458 e. The summed E-state index contributed by atoms with van der Waals surface area (Å²) in [6, 6.07) is 16.7. The smallest absolute Gasteiger partial charge is 0.331 e. The summed E-state index contributed by atoms with van der Waals surface area (Å²) >= 11 is 5.90. The van der Waals surface area contributed by atoms with Crippen LogP contribution in [0.15, 0.2) is 65.7 Å². The van der Waals surface area contributed by atoms with Crippen molar-refractivity contribution in [2.24, 2.45) is 4.99 Å². The first-order chi connectivity index (χ1) is 12.3. The van der Waals surface area contributed by atoms with E-state index in [0.29, 0.717) is 11.4 Å². The Morgan fingerprint density at radius 2 is 1.73 bits per heavy atom. The average molecular weight is 370 g/mol. The van der Waals surface area contributed by atoms with Crippen LogP contribution in [0, 0.1) is 0 Å². The van der Waals surface area contributed by atoms with Crippen LogP contribution in [0.1, 0.15) is 38.3 Å². The van der Waals surface area contributed by atoms with Crippen molar-refractivity contribution in [2.75, 3.05) is 0 Å². The predicted molar refractivity (Wildman–Crippen MR) is 109 cm³/mol. The lowest BCUT2D eigenvalue weighted by Crippen LogP contribution is -2.30. The number of carbonyl (C=O) groups excluding carboxylic acids is 1. The Balaban J connectivity index is 2.11. The van der Waals surface area contributed by atoms with Crippen LogP contribution in [0.4, 0.5) is 0 Å². The third kappa shape index (κ3) is 7.24. The zero-order valence-corrected chi connectivity index (χ0v) is 16.1. The standard InChI is InChI=1S/C22H24ClNO2/c1-22(2,3)26-21(25)20(11-7-10-17-8-5-4-6-9-17)24-16-18-12-14-19(23)15-13-18/h4-10,12-16,20H,11H2,1-3H3/b10-7+,24-16?/t20-/m1/s1. The van der Waals surface area contributed by atoms with Crippen molar-refractivity contribution in [3.63, 3.8) is 0 Å². The molecule has 2 aromatic carbocycles. The Bertz CT molecular complexity index is 759. The van der Waals surface area contributed by atoms with Gasteiger partial charge in [0.2, 0.25) is 0 Å². The molecule has 0 aliphatic carbocycles. The van der Waals surface area contributed by atoms with Crippen LogP contribution in [0.25, 0.3) is 6.08 Å². The minimum absolute atomic E-state index is 0.333. The third-order valence-electron chi connectivity index (χ3n) is 3.42. The first kappa shape index (κ1) is 19.9. The van der Waals surface area contributed by atoms with E-state index in [1.807, 2.05) is 75.4 Å². The van der Waals surface area contributed by atoms with Crippen molar-refractivity contribution in [3.05, 3.63) is 76.8 Å². The Labute approximate surface area is 160 Å². The van der Waals surface area contributed by atoms with E-state index in [4.69, 9.17) is 16.3 Å². The monoisotopic (exact) mass is 369 g/mol. The van der Waals surface area contributed by atoms with Crippen LogP contribution >= 0.6 is 11.6 Å². The van der Waals surface area contributed by atoms with Gasteiger partial charge in [0, 0.05) is 11.2 Å². The number of ether oxygens (including phenoxy) is 1. The summed E-state index contributed by atoms with van der Waals surface area (Å²) in [5.41, 5.74) is 1.42. The molecule has 1 atom stereocenters. The maximum Gasteiger partial charge on any atom is 0.331 e. The van der Waals surface area contributed by atoms with E-state index in [9.17, 15) is 4.79 Å². The van der Waals surface area contributed by atoms with Crippen LogP contribution in [0.5, 0.6) is 0 Å². The van der Waals surface area contributed by atoms with Crippen LogP contribution in [-0.2, 0) is 9.53 Å². The zero-order valence-electron chi connectivity index (χ0n) is 15.4. The van der Waals surface area contributed by atoms with Gasteiger partial charge < -0.3 is 4.74 Å². The summed E-state index contributed by atoms with van der Waals surface area (Å²) in [7, 11) is 0. The van der Waals surface area contributed by atoms with Gasteiger partial charge in [-0.25, -0.2) is 4.79 Å². The molecular weight excluding hydrogens is 346 g/mol. The fourth-order valence-electron chi connectivity index (χ4n) is 2.21. The summed E-state index contributed by atoms with van der Waals surface area (Å²) in [4.78, 5) is 16.9. The van der Waals surface area contributed by atoms with Gasteiger partial charge in [-0.3, -0.25) is 4.99 Å². The van der Waals surface area contributed by atoms with Crippen LogP contribution in [0.2, 0.25) is 5.02 Å². The summed E-state index contributed by atoms with van der Waals surface area (Å²) in [6.45, 7) is 5.56. The molecule has 0 aliphatic heterocycles. The van der Waals surface area contributed by atoms with Crippen molar-refractivity contribution in [1.82, 2.24) is 0 Å². The van der Waals surface area contributed by atoms with E-state index in [2.05, 4.69) is 4.99 Å². The molecule has 0 amide bonds. The van der Waals surface area contributed by atoms with Gasteiger partial charge >= 0.3 is 5.97 Å². The second-order valence-corrected chi connectivity index (χ2v) is 7.36. The van der Waals surface area contributed by atoms with Crippen molar-refractivity contribution < 1.29 is 9.53 Å². The van der Waals surface area contributed by atoms with Gasteiger partial charge in [-0.1, -0.05) is 66.2 Å². The topological polar surface area (TPSA) is 38.7 Å². The molecule has 3 nitrogen and oxygen atoms in total. The number of carbonyl (C=O) groups is 1. The molecular formula is C22H24ClNO2. The molecule has 0 fully saturated rings.